The number of nitrogens with one attached hydrogen (secondary N) is 1. The largest absolute Gasteiger partial charge is 0.506 e. The van der Waals surface area contributed by atoms with Gasteiger partial charge in [0.25, 0.3) is 5.24 Å². The number of anilines is 2. The number of benzene rings is 2. The highest BCUT2D eigenvalue weighted by molar-refractivity contribution is 8.15. The van der Waals surface area contributed by atoms with E-state index in [4.69, 9.17) is 16.3 Å². The zero-order valence-electron chi connectivity index (χ0n) is 14.8. The number of para-hydroxylation sites is 2. The molecule has 1 saturated heterocycles. The van der Waals surface area contributed by atoms with Crippen molar-refractivity contribution in [2.24, 2.45) is 0 Å². The van der Waals surface area contributed by atoms with Crippen molar-refractivity contribution in [3.63, 3.8) is 0 Å². The normalized spacial score (nSPS) is 16.4. The Bertz CT molecular complexity index is 936. The van der Waals surface area contributed by atoms with Crippen molar-refractivity contribution < 1.29 is 24.2 Å². The molecule has 3 rings (SSSR count). The number of carbonyl (C=O) groups is 3. The van der Waals surface area contributed by atoms with Crippen molar-refractivity contribution in [1.29, 1.82) is 0 Å². The number of hydrogen-bond donors (Lipinski definition) is 2. The van der Waals surface area contributed by atoms with Crippen molar-refractivity contribution in [1.82, 2.24) is 0 Å². The fraction of sp³-hybridized carbons (Fsp3) is 0.211. The summed E-state index contributed by atoms with van der Waals surface area (Å²) in [6.45, 7) is 2.19. The van der Waals surface area contributed by atoms with Gasteiger partial charge in [-0.05, 0) is 49.0 Å². The number of rotatable bonds is 6. The smallest absolute Gasteiger partial charge is 0.293 e. The van der Waals surface area contributed by atoms with Gasteiger partial charge in [0.1, 0.15) is 16.7 Å². The topological polar surface area (TPSA) is 95.9 Å². The quantitative estimate of drug-likeness (QED) is 0.684. The van der Waals surface area contributed by atoms with Crippen LogP contribution in [0.15, 0.2) is 42.5 Å². The Morgan fingerprint density at radius 3 is 2.79 bits per heavy atom. The van der Waals surface area contributed by atoms with Crippen LogP contribution in [0, 0.1) is 0 Å². The molecular weight excluding hydrogens is 404 g/mol. The molecule has 0 saturated carbocycles. The van der Waals surface area contributed by atoms with Crippen molar-refractivity contribution in [2.45, 2.75) is 18.6 Å². The first-order valence-electron chi connectivity index (χ1n) is 8.45. The summed E-state index contributed by atoms with van der Waals surface area (Å²) in [6.07, 6.45) is -0.228. The molecule has 2 aromatic rings. The molecule has 1 fully saturated rings. The van der Waals surface area contributed by atoms with Gasteiger partial charge in [-0.3, -0.25) is 14.4 Å². The highest BCUT2D eigenvalue weighted by atomic mass is 35.5. The van der Waals surface area contributed by atoms with Gasteiger partial charge in [-0.1, -0.05) is 23.7 Å². The van der Waals surface area contributed by atoms with E-state index in [9.17, 15) is 19.5 Å². The molecule has 0 radical (unpaired) electrons. The lowest BCUT2D eigenvalue weighted by Gasteiger charge is -2.17. The summed E-state index contributed by atoms with van der Waals surface area (Å²) < 4.78 is 5.49. The van der Waals surface area contributed by atoms with Gasteiger partial charge in [0, 0.05) is 11.4 Å². The van der Waals surface area contributed by atoms with E-state index in [2.05, 4.69) is 5.32 Å². The van der Waals surface area contributed by atoms with Crippen molar-refractivity contribution in [3.05, 3.63) is 47.5 Å². The van der Waals surface area contributed by atoms with Gasteiger partial charge in [0.2, 0.25) is 11.8 Å². The molecule has 9 heteroatoms. The van der Waals surface area contributed by atoms with Crippen LogP contribution in [-0.4, -0.2) is 34.0 Å². The van der Waals surface area contributed by atoms with Gasteiger partial charge in [-0.2, -0.15) is 0 Å². The molecule has 1 aliphatic heterocycles. The van der Waals surface area contributed by atoms with Crippen LogP contribution in [0.25, 0.3) is 0 Å². The Morgan fingerprint density at radius 2 is 2.04 bits per heavy atom. The number of nitrogens with zero attached hydrogens (tertiary/aromatic N) is 1. The molecule has 0 spiro atoms. The van der Waals surface area contributed by atoms with Crippen molar-refractivity contribution in [3.8, 4) is 11.5 Å². The number of phenolic OH excluding ortho intramolecular Hbond substituents is 1. The van der Waals surface area contributed by atoms with Gasteiger partial charge in [-0.15, -0.1) is 0 Å². The lowest BCUT2D eigenvalue weighted by molar-refractivity contribution is -0.121. The predicted molar refractivity (Wildman–Crippen MR) is 108 cm³/mol. The number of amides is 3. The summed E-state index contributed by atoms with van der Waals surface area (Å²) in [4.78, 5) is 38.5. The van der Waals surface area contributed by atoms with Crippen molar-refractivity contribution in [2.75, 3.05) is 16.8 Å². The molecule has 1 aliphatic rings. The van der Waals surface area contributed by atoms with Crippen LogP contribution in [0.2, 0.25) is 5.02 Å². The minimum Gasteiger partial charge on any atom is -0.506 e. The fourth-order valence-electron chi connectivity index (χ4n) is 2.70. The summed E-state index contributed by atoms with van der Waals surface area (Å²) in [5, 5.41) is 11.3. The van der Waals surface area contributed by atoms with E-state index in [1.165, 1.54) is 18.2 Å². The molecule has 28 heavy (non-hydrogen) atoms. The van der Waals surface area contributed by atoms with Gasteiger partial charge >= 0.3 is 0 Å². The van der Waals surface area contributed by atoms with Crippen LogP contribution in [-0.2, 0) is 9.59 Å². The van der Waals surface area contributed by atoms with Crippen LogP contribution in [0.5, 0.6) is 11.5 Å². The first-order valence-corrected chi connectivity index (χ1v) is 9.71. The van der Waals surface area contributed by atoms with Crippen molar-refractivity contribution >= 4 is 51.8 Å². The van der Waals surface area contributed by atoms with E-state index in [1.807, 2.05) is 0 Å². The lowest BCUT2D eigenvalue weighted by Crippen LogP contribution is -2.33. The molecule has 3 amide bonds. The average Bonchev–Trinajstić information content (AvgIpc) is 2.92. The van der Waals surface area contributed by atoms with E-state index in [1.54, 1.807) is 31.2 Å². The molecular formula is C19H17ClN2O5S. The third-order valence-corrected chi connectivity index (χ3v) is 5.20. The Morgan fingerprint density at radius 1 is 1.29 bits per heavy atom. The van der Waals surface area contributed by atoms with Gasteiger partial charge in [0.15, 0.2) is 0 Å². The summed E-state index contributed by atoms with van der Waals surface area (Å²) >= 11 is 6.64. The van der Waals surface area contributed by atoms with Gasteiger partial charge < -0.3 is 15.2 Å². The average molecular weight is 421 g/mol. The van der Waals surface area contributed by atoms with Crippen LogP contribution in [0.4, 0.5) is 16.2 Å². The molecule has 1 atom stereocenters. The van der Waals surface area contributed by atoms with Crippen LogP contribution >= 0.6 is 23.4 Å². The number of imide groups is 1. The number of hydrogen-bond acceptors (Lipinski definition) is 6. The third kappa shape index (κ3) is 4.23. The zero-order valence-corrected chi connectivity index (χ0v) is 16.4. The predicted octanol–water partition coefficient (Wildman–Crippen LogP) is 4.04. The summed E-state index contributed by atoms with van der Waals surface area (Å²) in [7, 11) is 0. The second-order valence-corrected chi connectivity index (χ2v) is 7.45. The SMILES string of the molecule is CCOc1ccccc1N1C(=O)SC(CC(=O)Nc2cc(Cl)ccc2O)C1=O. The van der Waals surface area contributed by atoms with E-state index < -0.39 is 22.3 Å². The first kappa shape index (κ1) is 20.0. The molecule has 0 aromatic heterocycles. The minimum atomic E-state index is -0.872. The summed E-state index contributed by atoms with van der Waals surface area (Å²) in [5.74, 6) is -0.739. The molecule has 2 N–H and O–H groups in total. The summed E-state index contributed by atoms with van der Waals surface area (Å²) in [5.41, 5.74) is 0.486. The van der Waals surface area contributed by atoms with Crippen LogP contribution < -0.4 is 15.0 Å². The highest BCUT2D eigenvalue weighted by Gasteiger charge is 2.42. The Labute approximate surface area is 170 Å². The standard InChI is InChI=1S/C19H17ClN2O5S/c1-2-27-15-6-4-3-5-13(15)22-18(25)16(28-19(22)26)10-17(24)21-12-9-11(20)7-8-14(12)23/h3-9,16,23H,2,10H2,1H3,(H,21,24). The molecule has 146 valence electrons. The van der Waals surface area contributed by atoms with E-state index in [0.717, 1.165) is 16.7 Å². The fourth-order valence-corrected chi connectivity index (χ4v) is 3.85. The number of phenols is 1. The molecule has 0 bridgehead atoms. The molecule has 1 unspecified atom stereocenters. The van der Waals surface area contributed by atoms with E-state index in [0.29, 0.717) is 23.1 Å². The van der Waals surface area contributed by atoms with Gasteiger partial charge in [0.05, 0.1) is 18.0 Å². The van der Waals surface area contributed by atoms with E-state index >= 15 is 0 Å². The Hall–Kier alpha value is -2.71. The second-order valence-electron chi connectivity index (χ2n) is 5.86. The maximum Gasteiger partial charge on any atom is 0.293 e. The maximum atomic E-state index is 12.8. The second kappa shape index (κ2) is 8.53. The van der Waals surface area contributed by atoms with Gasteiger partial charge in [-0.25, -0.2) is 4.90 Å². The first-order chi connectivity index (χ1) is 13.4. The lowest BCUT2D eigenvalue weighted by atomic mass is 10.2. The molecule has 7 nitrogen and oxygen atoms in total. The third-order valence-electron chi connectivity index (χ3n) is 3.93. The molecule has 2 aromatic carbocycles. The number of ether oxygens (including phenoxy) is 1. The molecule has 0 aliphatic carbocycles. The van der Waals surface area contributed by atoms with Crippen LogP contribution in [0.1, 0.15) is 13.3 Å². The minimum absolute atomic E-state index is 0.137. The Balaban J connectivity index is 1.73. The monoisotopic (exact) mass is 420 g/mol. The highest BCUT2D eigenvalue weighted by Crippen LogP contribution is 2.38. The number of thioether (sulfide) groups is 1. The molecule has 1 heterocycles. The number of aromatic hydroxyl groups is 1. The number of carbonyl (C=O) groups excluding carboxylic acids is 3. The van der Waals surface area contributed by atoms with E-state index in [-0.39, 0.29) is 17.9 Å². The maximum absolute atomic E-state index is 12.8. The summed E-state index contributed by atoms with van der Waals surface area (Å²) in [6, 6.07) is 11.0. The number of halogens is 1. The van der Waals surface area contributed by atoms with Crippen LogP contribution in [0.3, 0.4) is 0 Å². The Kier molecular flexibility index (Phi) is 6.11. The zero-order chi connectivity index (χ0) is 20.3.